The van der Waals surface area contributed by atoms with E-state index < -0.39 is 12.8 Å². The summed E-state index contributed by atoms with van der Waals surface area (Å²) in [6, 6.07) is 10.7. The normalized spacial score (nSPS) is 11.4. The van der Waals surface area contributed by atoms with Gasteiger partial charge >= 0.3 is 6.18 Å². The van der Waals surface area contributed by atoms with Crippen LogP contribution in [0, 0.1) is 0 Å². The maximum atomic E-state index is 12.2. The van der Waals surface area contributed by atoms with Crippen molar-refractivity contribution in [2.45, 2.75) is 26.2 Å². The van der Waals surface area contributed by atoms with Gasteiger partial charge in [0.1, 0.15) is 5.75 Å². The zero-order chi connectivity index (χ0) is 20.4. The van der Waals surface area contributed by atoms with Crippen LogP contribution in [0.1, 0.15) is 18.1 Å². The molecule has 6 nitrogen and oxygen atoms in total. The molecule has 0 aliphatic heterocycles. The highest BCUT2D eigenvalue weighted by atomic mass is 127. The fourth-order valence-electron chi connectivity index (χ4n) is 2.29. The molecule has 0 saturated heterocycles. The maximum absolute atomic E-state index is 12.2. The summed E-state index contributed by atoms with van der Waals surface area (Å²) in [4.78, 5) is 8.34. The van der Waals surface area contributed by atoms with Crippen LogP contribution < -0.4 is 20.1 Å². The molecule has 2 rings (SSSR count). The summed E-state index contributed by atoms with van der Waals surface area (Å²) in [5.41, 5.74) is 1.73. The largest absolute Gasteiger partial charge is 0.496 e. The molecule has 2 aromatic rings. The monoisotopic (exact) mass is 524 g/mol. The molecule has 0 aliphatic rings. The summed E-state index contributed by atoms with van der Waals surface area (Å²) < 4.78 is 46.4. The van der Waals surface area contributed by atoms with Crippen molar-refractivity contribution >= 4 is 29.9 Å². The van der Waals surface area contributed by atoms with Gasteiger partial charge in [-0.15, -0.1) is 24.0 Å². The van der Waals surface area contributed by atoms with Crippen molar-refractivity contribution in [3.63, 3.8) is 0 Å². The van der Waals surface area contributed by atoms with Crippen LogP contribution in [0.3, 0.4) is 0 Å². The second-order valence-electron chi connectivity index (χ2n) is 5.77. The van der Waals surface area contributed by atoms with Crippen molar-refractivity contribution in [2.75, 3.05) is 20.3 Å². The number of nitrogens with zero attached hydrogens (tertiary/aromatic N) is 2. The molecule has 0 fully saturated rings. The Hall–Kier alpha value is -2.24. The number of alkyl halides is 3. The Bertz CT molecular complexity index is 771. The van der Waals surface area contributed by atoms with Gasteiger partial charge in [0.2, 0.25) is 5.88 Å². The van der Waals surface area contributed by atoms with Crippen molar-refractivity contribution in [1.29, 1.82) is 0 Å². The van der Waals surface area contributed by atoms with Gasteiger partial charge in [-0.3, -0.25) is 0 Å². The van der Waals surface area contributed by atoms with E-state index in [4.69, 9.17) is 4.74 Å². The predicted molar refractivity (Wildman–Crippen MR) is 116 cm³/mol. The number of rotatable bonds is 8. The SMILES string of the molecule is CCNC(=NCc1ccc(OCC(F)(F)F)nc1)NCc1ccccc1OC.I. The molecular weight excluding hydrogens is 500 g/mol. The summed E-state index contributed by atoms with van der Waals surface area (Å²) in [5, 5.41) is 6.36. The van der Waals surface area contributed by atoms with Crippen LogP contribution in [0.25, 0.3) is 0 Å². The van der Waals surface area contributed by atoms with Crippen LogP contribution in [0.15, 0.2) is 47.6 Å². The predicted octanol–water partition coefficient (Wildman–Crippen LogP) is 3.90. The number of benzene rings is 1. The molecule has 0 bridgehead atoms. The molecule has 0 radical (unpaired) electrons. The lowest BCUT2D eigenvalue weighted by Crippen LogP contribution is -2.36. The number of pyridine rings is 1. The van der Waals surface area contributed by atoms with Gasteiger partial charge in [0.05, 0.1) is 13.7 Å². The van der Waals surface area contributed by atoms with Crippen LogP contribution in [0.2, 0.25) is 0 Å². The fraction of sp³-hybridized carbons (Fsp3) is 0.368. The second kappa shape index (κ2) is 12.3. The number of halogens is 4. The average molecular weight is 524 g/mol. The summed E-state index contributed by atoms with van der Waals surface area (Å²) in [6.45, 7) is 2.11. The van der Waals surface area contributed by atoms with Crippen molar-refractivity contribution in [1.82, 2.24) is 15.6 Å². The molecule has 1 aromatic heterocycles. The minimum absolute atomic E-state index is 0. The van der Waals surface area contributed by atoms with E-state index in [1.54, 1.807) is 13.2 Å². The lowest BCUT2D eigenvalue weighted by Gasteiger charge is -2.13. The van der Waals surface area contributed by atoms with E-state index in [2.05, 4.69) is 25.3 Å². The number of methoxy groups -OCH3 is 1. The number of ether oxygens (including phenoxy) is 2. The highest BCUT2D eigenvalue weighted by Crippen LogP contribution is 2.18. The summed E-state index contributed by atoms with van der Waals surface area (Å²) in [5.74, 6) is 1.31. The first-order chi connectivity index (χ1) is 13.4. The zero-order valence-electron chi connectivity index (χ0n) is 16.1. The summed E-state index contributed by atoms with van der Waals surface area (Å²) in [6.07, 6.45) is -2.95. The molecule has 160 valence electrons. The van der Waals surface area contributed by atoms with E-state index >= 15 is 0 Å². The standard InChI is InChI=1S/C19H23F3N4O2.HI/c1-3-23-18(26-12-15-6-4-5-7-16(15)27-2)25-11-14-8-9-17(24-10-14)28-13-19(20,21)22;/h4-10H,3,11-13H2,1-2H3,(H2,23,25,26);1H. The van der Waals surface area contributed by atoms with E-state index in [-0.39, 0.29) is 29.9 Å². The number of hydrogen-bond donors (Lipinski definition) is 2. The highest BCUT2D eigenvalue weighted by Gasteiger charge is 2.28. The van der Waals surface area contributed by atoms with Gasteiger partial charge in [-0.05, 0) is 18.6 Å². The fourth-order valence-corrected chi connectivity index (χ4v) is 2.29. The Labute approximate surface area is 184 Å². The Morgan fingerprint density at radius 1 is 1.14 bits per heavy atom. The molecule has 0 atom stereocenters. The molecule has 10 heteroatoms. The van der Waals surface area contributed by atoms with Crippen LogP contribution in [0.4, 0.5) is 13.2 Å². The van der Waals surface area contributed by atoms with E-state index in [9.17, 15) is 13.2 Å². The maximum Gasteiger partial charge on any atom is 0.422 e. The molecule has 2 N–H and O–H groups in total. The molecule has 1 heterocycles. The van der Waals surface area contributed by atoms with E-state index in [0.29, 0.717) is 25.6 Å². The second-order valence-corrected chi connectivity index (χ2v) is 5.77. The van der Waals surface area contributed by atoms with Crippen LogP contribution >= 0.6 is 24.0 Å². The smallest absolute Gasteiger partial charge is 0.422 e. The topological polar surface area (TPSA) is 67.8 Å². The third kappa shape index (κ3) is 9.20. The third-order valence-electron chi connectivity index (χ3n) is 3.58. The van der Waals surface area contributed by atoms with E-state index in [0.717, 1.165) is 16.9 Å². The van der Waals surface area contributed by atoms with Crippen molar-refractivity contribution in [3.05, 3.63) is 53.7 Å². The third-order valence-corrected chi connectivity index (χ3v) is 3.58. The lowest BCUT2D eigenvalue weighted by molar-refractivity contribution is -0.154. The van der Waals surface area contributed by atoms with Crippen LogP contribution in [0.5, 0.6) is 11.6 Å². The summed E-state index contributed by atoms with van der Waals surface area (Å²) >= 11 is 0. The molecule has 0 spiro atoms. The molecule has 0 unspecified atom stereocenters. The zero-order valence-corrected chi connectivity index (χ0v) is 18.5. The number of aromatic nitrogens is 1. The Balaban J connectivity index is 0.00000420. The van der Waals surface area contributed by atoms with Gasteiger partial charge < -0.3 is 20.1 Å². The minimum Gasteiger partial charge on any atom is -0.496 e. The van der Waals surface area contributed by atoms with Crippen molar-refractivity contribution in [2.24, 2.45) is 4.99 Å². The van der Waals surface area contributed by atoms with Gasteiger partial charge in [0.15, 0.2) is 12.6 Å². The average Bonchev–Trinajstić information content (AvgIpc) is 2.69. The first-order valence-corrected chi connectivity index (χ1v) is 8.70. The van der Waals surface area contributed by atoms with Gasteiger partial charge in [0.25, 0.3) is 0 Å². The number of aliphatic imine (C=N–C) groups is 1. The Morgan fingerprint density at radius 2 is 1.90 bits per heavy atom. The quantitative estimate of drug-likeness (QED) is 0.312. The number of guanidine groups is 1. The van der Waals surface area contributed by atoms with Gasteiger partial charge in [0, 0.05) is 30.9 Å². The Kier molecular flexibility index (Phi) is 10.6. The van der Waals surface area contributed by atoms with Crippen LogP contribution in [-0.2, 0) is 13.1 Å². The lowest BCUT2D eigenvalue weighted by atomic mass is 10.2. The van der Waals surface area contributed by atoms with Crippen LogP contribution in [-0.4, -0.2) is 37.4 Å². The first-order valence-electron chi connectivity index (χ1n) is 8.70. The number of para-hydroxylation sites is 1. The van der Waals surface area contributed by atoms with Crippen molar-refractivity contribution < 1.29 is 22.6 Å². The van der Waals surface area contributed by atoms with Gasteiger partial charge in [-0.2, -0.15) is 13.2 Å². The van der Waals surface area contributed by atoms with Gasteiger partial charge in [-0.25, -0.2) is 9.98 Å². The highest BCUT2D eigenvalue weighted by molar-refractivity contribution is 14.0. The number of hydrogen-bond acceptors (Lipinski definition) is 4. The molecule has 29 heavy (non-hydrogen) atoms. The molecule has 0 saturated carbocycles. The summed E-state index contributed by atoms with van der Waals surface area (Å²) in [7, 11) is 1.62. The van der Waals surface area contributed by atoms with Gasteiger partial charge in [-0.1, -0.05) is 24.3 Å². The number of nitrogens with one attached hydrogen (secondary N) is 2. The Morgan fingerprint density at radius 3 is 2.52 bits per heavy atom. The van der Waals surface area contributed by atoms with E-state index in [1.807, 2.05) is 31.2 Å². The van der Waals surface area contributed by atoms with Crippen molar-refractivity contribution in [3.8, 4) is 11.6 Å². The molecular formula is C19H24F3IN4O2. The molecule has 0 amide bonds. The molecule has 0 aliphatic carbocycles. The minimum atomic E-state index is -4.39. The van der Waals surface area contributed by atoms with E-state index in [1.165, 1.54) is 12.3 Å². The molecule has 1 aromatic carbocycles. The first kappa shape index (κ1) is 24.8.